The van der Waals surface area contributed by atoms with E-state index in [1.54, 1.807) is 12.2 Å². The van der Waals surface area contributed by atoms with Crippen molar-refractivity contribution in [1.29, 1.82) is 0 Å². The Kier molecular flexibility index (Phi) is 5.01. The predicted molar refractivity (Wildman–Crippen MR) is 91.4 cm³/mol. The maximum absolute atomic E-state index is 14.2. The fourth-order valence-corrected chi connectivity index (χ4v) is 2.37. The van der Waals surface area contributed by atoms with E-state index in [2.05, 4.69) is 16.9 Å². The summed E-state index contributed by atoms with van der Waals surface area (Å²) in [5.74, 6) is 0.547. The summed E-state index contributed by atoms with van der Waals surface area (Å²) in [6.07, 6.45) is 8.80. The molecule has 1 aliphatic rings. The van der Waals surface area contributed by atoms with Crippen LogP contribution in [0.25, 0.3) is 6.08 Å². The van der Waals surface area contributed by atoms with Crippen LogP contribution in [0.4, 0.5) is 10.3 Å². The first-order valence-corrected chi connectivity index (χ1v) is 7.55. The van der Waals surface area contributed by atoms with Crippen molar-refractivity contribution in [3.8, 4) is 0 Å². The van der Waals surface area contributed by atoms with E-state index in [4.69, 9.17) is 0 Å². The Bertz CT molecular complexity index is 662. The molecule has 0 aromatic carbocycles. The van der Waals surface area contributed by atoms with Crippen LogP contribution in [0.3, 0.4) is 0 Å². The molecule has 0 spiro atoms. The maximum atomic E-state index is 14.2. The molecule has 4 heteroatoms. The second-order valence-electron chi connectivity index (χ2n) is 5.86. The van der Waals surface area contributed by atoms with Gasteiger partial charge >= 0.3 is 0 Å². The van der Waals surface area contributed by atoms with Gasteiger partial charge in [-0.3, -0.25) is 0 Å². The lowest BCUT2D eigenvalue weighted by atomic mass is 10.1. The Labute approximate surface area is 131 Å². The number of allylic oxidation sites excluding steroid dienone is 5. The zero-order valence-corrected chi connectivity index (χ0v) is 13.8. The van der Waals surface area contributed by atoms with Crippen LogP contribution in [0.5, 0.6) is 0 Å². The molecular formula is C18H24FN3. The molecule has 1 unspecified atom stereocenters. The summed E-state index contributed by atoms with van der Waals surface area (Å²) in [5.41, 5.74) is 4.17. The van der Waals surface area contributed by atoms with E-state index in [1.165, 1.54) is 5.57 Å². The van der Waals surface area contributed by atoms with Crippen LogP contribution in [0.2, 0.25) is 0 Å². The highest BCUT2D eigenvalue weighted by Gasteiger charge is 2.19. The number of hydrogen-bond acceptors (Lipinski definition) is 2. The first-order valence-electron chi connectivity index (χ1n) is 7.55. The number of aromatic nitrogens is 2. The Morgan fingerprint density at radius 2 is 2.18 bits per heavy atom. The van der Waals surface area contributed by atoms with Crippen molar-refractivity contribution in [3.63, 3.8) is 0 Å². The van der Waals surface area contributed by atoms with E-state index in [9.17, 15) is 4.39 Å². The van der Waals surface area contributed by atoms with Gasteiger partial charge in [0.25, 0.3) is 0 Å². The summed E-state index contributed by atoms with van der Waals surface area (Å²) in [7, 11) is 1.94. The molecule has 3 nitrogen and oxygen atoms in total. The van der Waals surface area contributed by atoms with Crippen LogP contribution in [0.1, 0.15) is 38.1 Å². The normalized spacial score (nSPS) is 19.3. The lowest BCUT2D eigenvalue weighted by Gasteiger charge is -2.16. The molecule has 0 amide bonds. The van der Waals surface area contributed by atoms with Gasteiger partial charge in [-0.1, -0.05) is 24.3 Å². The zero-order chi connectivity index (χ0) is 16.3. The van der Waals surface area contributed by atoms with Crippen molar-refractivity contribution in [2.45, 2.75) is 39.7 Å². The summed E-state index contributed by atoms with van der Waals surface area (Å²) >= 11 is 0. The average Bonchev–Trinajstić information content (AvgIpc) is 2.65. The van der Waals surface area contributed by atoms with Crippen LogP contribution in [-0.4, -0.2) is 15.6 Å². The number of imidazole rings is 1. The summed E-state index contributed by atoms with van der Waals surface area (Å²) in [4.78, 5) is 4.59. The van der Waals surface area contributed by atoms with Gasteiger partial charge in [0.2, 0.25) is 5.95 Å². The molecule has 0 saturated heterocycles. The van der Waals surface area contributed by atoms with Crippen LogP contribution < -0.4 is 5.32 Å². The van der Waals surface area contributed by atoms with Gasteiger partial charge < -0.3 is 9.88 Å². The average molecular weight is 301 g/mol. The van der Waals surface area contributed by atoms with Crippen molar-refractivity contribution in [2.75, 3.05) is 5.32 Å². The lowest BCUT2D eigenvalue weighted by Crippen LogP contribution is -2.22. The zero-order valence-electron chi connectivity index (χ0n) is 13.8. The van der Waals surface area contributed by atoms with E-state index in [0.717, 1.165) is 29.8 Å². The van der Waals surface area contributed by atoms with Crippen molar-refractivity contribution in [2.24, 2.45) is 7.05 Å². The summed E-state index contributed by atoms with van der Waals surface area (Å²) in [5, 5.41) is 3.23. The van der Waals surface area contributed by atoms with Crippen molar-refractivity contribution in [3.05, 3.63) is 53.2 Å². The molecule has 1 aromatic heterocycles. The Morgan fingerprint density at radius 3 is 2.86 bits per heavy atom. The Balaban J connectivity index is 2.24. The highest BCUT2D eigenvalue weighted by molar-refractivity contribution is 5.56. The predicted octanol–water partition coefficient (Wildman–Crippen LogP) is 4.69. The number of nitrogens with zero attached hydrogens (tertiary/aromatic N) is 2. The minimum absolute atomic E-state index is 0.142. The Morgan fingerprint density at radius 1 is 1.45 bits per heavy atom. The minimum atomic E-state index is -0.327. The van der Waals surface area contributed by atoms with E-state index in [0.29, 0.717) is 5.95 Å². The first-order chi connectivity index (χ1) is 10.4. The Hall–Kier alpha value is -2.10. The third-order valence-electron chi connectivity index (χ3n) is 4.09. The summed E-state index contributed by atoms with van der Waals surface area (Å²) in [6.45, 7) is 9.77. The molecule has 1 atom stereocenters. The number of anilines is 1. The molecule has 1 N–H and O–H groups in total. The molecule has 22 heavy (non-hydrogen) atoms. The molecule has 118 valence electrons. The number of nitrogens with one attached hydrogen (secondary N) is 1. The largest absolute Gasteiger partial charge is 0.346 e. The smallest absolute Gasteiger partial charge is 0.203 e. The number of halogens is 1. The van der Waals surface area contributed by atoms with Crippen LogP contribution >= 0.6 is 0 Å². The van der Waals surface area contributed by atoms with Gasteiger partial charge in [0.15, 0.2) is 0 Å². The number of rotatable bonds is 4. The molecule has 0 bridgehead atoms. The lowest BCUT2D eigenvalue weighted by molar-refractivity contribution is 0.538. The fraction of sp³-hybridized carbons (Fsp3) is 0.389. The van der Waals surface area contributed by atoms with E-state index in [1.807, 2.05) is 44.5 Å². The third-order valence-corrected chi connectivity index (χ3v) is 4.09. The quantitative estimate of drug-likeness (QED) is 0.817. The summed E-state index contributed by atoms with van der Waals surface area (Å²) < 4.78 is 16.1. The molecular weight excluding hydrogens is 277 g/mol. The van der Waals surface area contributed by atoms with Crippen molar-refractivity contribution >= 4 is 12.0 Å². The van der Waals surface area contributed by atoms with Gasteiger partial charge in [0, 0.05) is 12.7 Å². The van der Waals surface area contributed by atoms with Gasteiger partial charge in [-0.05, 0) is 51.3 Å². The van der Waals surface area contributed by atoms with E-state index >= 15 is 0 Å². The topological polar surface area (TPSA) is 29.9 Å². The highest BCUT2D eigenvalue weighted by Crippen LogP contribution is 2.24. The van der Waals surface area contributed by atoms with E-state index in [-0.39, 0.29) is 11.9 Å². The molecule has 0 aliphatic heterocycles. The monoisotopic (exact) mass is 301 g/mol. The van der Waals surface area contributed by atoms with E-state index < -0.39 is 0 Å². The van der Waals surface area contributed by atoms with Crippen LogP contribution in [0.15, 0.2) is 41.8 Å². The summed E-state index contributed by atoms with van der Waals surface area (Å²) in [6, 6.07) is -0.327. The standard InChI is InChI=1S/C18H24FN3/c1-6-12(2)11-17-14(4)22(5)18(21-17)20-16-10-8-13(3)7-9-15(16)19/h6-7,9,11,16H,1,8,10H2,2-5H3,(H,20,21)/b12-11-. The molecule has 0 radical (unpaired) electrons. The molecule has 2 rings (SSSR count). The number of hydrogen-bond donors (Lipinski definition) is 1. The molecule has 1 aliphatic carbocycles. The van der Waals surface area contributed by atoms with Crippen LogP contribution in [0, 0.1) is 6.92 Å². The minimum Gasteiger partial charge on any atom is -0.346 e. The van der Waals surface area contributed by atoms with Gasteiger partial charge in [-0.15, -0.1) is 0 Å². The van der Waals surface area contributed by atoms with Crippen molar-refractivity contribution in [1.82, 2.24) is 9.55 Å². The molecule has 0 saturated carbocycles. The van der Waals surface area contributed by atoms with Crippen molar-refractivity contribution < 1.29 is 4.39 Å². The molecule has 1 aromatic rings. The molecule has 0 fully saturated rings. The second-order valence-corrected chi connectivity index (χ2v) is 5.86. The van der Waals surface area contributed by atoms with Crippen LogP contribution in [-0.2, 0) is 7.05 Å². The van der Waals surface area contributed by atoms with Gasteiger partial charge in [-0.2, -0.15) is 0 Å². The first kappa shape index (κ1) is 16.3. The second kappa shape index (κ2) is 6.77. The highest BCUT2D eigenvalue weighted by atomic mass is 19.1. The molecule has 1 heterocycles. The maximum Gasteiger partial charge on any atom is 0.203 e. The van der Waals surface area contributed by atoms with Gasteiger partial charge in [-0.25, -0.2) is 9.37 Å². The van der Waals surface area contributed by atoms with Gasteiger partial charge in [0.05, 0.1) is 11.7 Å². The van der Waals surface area contributed by atoms with Gasteiger partial charge in [0.1, 0.15) is 5.83 Å². The fourth-order valence-electron chi connectivity index (χ4n) is 2.37. The SMILES string of the molecule is C=C/C(C)=C\c1nc(NC2CCC(C)=CC=C2F)n(C)c1C. The third kappa shape index (κ3) is 3.56.